The highest BCUT2D eigenvalue weighted by molar-refractivity contribution is 7.18. The van der Waals surface area contributed by atoms with Crippen LogP contribution in [0.5, 0.6) is 5.75 Å². The number of halogens is 1. The van der Waals surface area contributed by atoms with Gasteiger partial charge in [0.1, 0.15) is 30.8 Å². The Kier molecular flexibility index (Phi) is 4.52. The van der Waals surface area contributed by atoms with E-state index < -0.39 is 18.0 Å². The molecule has 154 valence electrons. The number of thiophene rings is 1. The maximum Gasteiger partial charge on any atom is 0.423 e. The number of carbonyl (C=O) groups excluding carboxylic acids is 2. The molecule has 3 aromatic rings. The Balaban J connectivity index is 1.34. The van der Waals surface area contributed by atoms with Crippen LogP contribution < -0.4 is 20.7 Å². The average molecular weight is 448 g/mol. The fourth-order valence-electron chi connectivity index (χ4n) is 3.52. The van der Waals surface area contributed by atoms with Gasteiger partial charge in [-0.2, -0.15) is 0 Å². The van der Waals surface area contributed by atoms with E-state index in [1.54, 1.807) is 30.3 Å². The van der Waals surface area contributed by atoms with E-state index in [1.165, 1.54) is 33.3 Å². The first-order valence-electron chi connectivity index (χ1n) is 8.98. The Labute approximate surface area is 178 Å². The minimum Gasteiger partial charge on any atom is -0.489 e. The molecule has 2 aliphatic rings. The van der Waals surface area contributed by atoms with Crippen LogP contribution in [0.15, 0.2) is 52.0 Å². The van der Waals surface area contributed by atoms with Crippen LogP contribution >= 0.6 is 22.9 Å². The number of nitrogens with zero attached hydrogens (tertiary/aromatic N) is 2. The lowest BCUT2D eigenvalue weighted by Crippen LogP contribution is -2.47. The Morgan fingerprint density at radius 3 is 2.87 bits per heavy atom. The molecule has 0 bridgehead atoms. The summed E-state index contributed by atoms with van der Waals surface area (Å²) in [5.74, 6) is -0.354. The molecule has 0 unspecified atom stereocenters. The molecule has 1 fully saturated rings. The van der Waals surface area contributed by atoms with E-state index in [4.69, 9.17) is 25.5 Å². The summed E-state index contributed by atoms with van der Waals surface area (Å²) in [6.07, 6.45) is 1.70. The molecule has 1 saturated heterocycles. The second-order valence-electron chi connectivity index (χ2n) is 6.68. The zero-order valence-corrected chi connectivity index (χ0v) is 16.8. The minimum absolute atomic E-state index is 0.141. The molecule has 30 heavy (non-hydrogen) atoms. The van der Waals surface area contributed by atoms with E-state index in [1.807, 2.05) is 0 Å². The number of rotatable bonds is 4. The smallest absolute Gasteiger partial charge is 0.423 e. The number of oxazole rings is 1. The molecule has 2 aromatic heterocycles. The summed E-state index contributed by atoms with van der Waals surface area (Å²) in [6.45, 7) is 0.330. The van der Waals surface area contributed by atoms with Gasteiger partial charge in [0.05, 0.1) is 33.3 Å². The van der Waals surface area contributed by atoms with E-state index in [2.05, 4.69) is 5.32 Å². The fraction of sp³-hybridized carbons (Fsp3) is 0.211. The Morgan fingerprint density at radius 1 is 1.27 bits per heavy atom. The van der Waals surface area contributed by atoms with Gasteiger partial charge in [-0.3, -0.25) is 9.69 Å². The zero-order chi connectivity index (χ0) is 20.8. The standard InChI is InChI=1S/C19H14ClN3O6S/c20-16-4-3-15(30-16)17(24)21-8-14-12-9-28-13-7-10(22-5-6-27-18(22)25)1-2-11(13)23(12)19(26)29-14/h1-7,12,14H,8-9H2,(H,21,24)/t12-,14-/m0/s1. The van der Waals surface area contributed by atoms with Gasteiger partial charge in [-0.15, -0.1) is 11.3 Å². The van der Waals surface area contributed by atoms with Crippen LogP contribution in [0.3, 0.4) is 0 Å². The van der Waals surface area contributed by atoms with Gasteiger partial charge < -0.3 is 19.2 Å². The van der Waals surface area contributed by atoms with Crippen LogP contribution in [0.2, 0.25) is 4.34 Å². The summed E-state index contributed by atoms with van der Waals surface area (Å²) in [5.41, 5.74) is 1.09. The van der Waals surface area contributed by atoms with Crippen molar-refractivity contribution in [3.8, 4) is 11.4 Å². The van der Waals surface area contributed by atoms with E-state index >= 15 is 0 Å². The quantitative estimate of drug-likeness (QED) is 0.659. The molecule has 0 aliphatic carbocycles. The lowest BCUT2D eigenvalue weighted by Gasteiger charge is -2.31. The lowest BCUT2D eigenvalue weighted by atomic mass is 10.1. The third-order valence-corrected chi connectivity index (χ3v) is 6.17. The molecular weight excluding hydrogens is 434 g/mol. The van der Waals surface area contributed by atoms with Crippen molar-refractivity contribution in [3.05, 3.63) is 62.6 Å². The predicted molar refractivity (Wildman–Crippen MR) is 108 cm³/mol. The third kappa shape index (κ3) is 3.14. The van der Waals surface area contributed by atoms with Gasteiger partial charge in [0.25, 0.3) is 5.91 Å². The van der Waals surface area contributed by atoms with Crippen LogP contribution in [-0.2, 0) is 4.74 Å². The van der Waals surface area contributed by atoms with Gasteiger partial charge in [0.15, 0.2) is 0 Å². The van der Waals surface area contributed by atoms with Gasteiger partial charge >= 0.3 is 11.8 Å². The monoisotopic (exact) mass is 447 g/mol. The van der Waals surface area contributed by atoms with E-state index in [0.29, 0.717) is 26.3 Å². The molecule has 1 aromatic carbocycles. The highest BCUT2D eigenvalue weighted by Gasteiger charge is 2.46. The first-order valence-corrected chi connectivity index (χ1v) is 10.2. The number of anilines is 1. The molecule has 2 amide bonds. The molecular formula is C19H14ClN3O6S. The van der Waals surface area contributed by atoms with Crippen molar-refractivity contribution in [3.63, 3.8) is 0 Å². The van der Waals surface area contributed by atoms with Crippen molar-refractivity contribution < 1.29 is 23.5 Å². The topological polar surface area (TPSA) is 103 Å². The van der Waals surface area contributed by atoms with Crippen molar-refractivity contribution in [2.24, 2.45) is 0 Å². The zero-order valence-electron chi connectivity index (χ0n) is 15.2. The summed E-state index contributed by atoms with van der Waals surface area (Å²) in [5, 5.41) is 2.77. The van der Waals surface area contributed by atoms with Crippen molar-refractivity contribution in [2.45, 2.75) is 12.1 Å². The summed E-state index contributed by atoms with van der Waals surface area (Å²) >= 11 is 7.04. The molecule has 11 heteroatoms. The Bertz CT molecular complexity index is 1200. The number of ether oxygens (including phenoxy) is 2. The number of benzene rings is 1. The van der Waals surface area contributed by atoms with Crippen LogP contribution in [0, 0.1) is 0 Å². The van der Waals surface area contributed by atoms with E-state index in [-0.39, 0.29) is 25.1 Å². The Morgan fingerprint density at radius 2 is 2.13 bits per heavy atom. The number of hydrogen-bond acceptors (Lipinski definition) is 7. The summed E-state index contributed by atoms with van der Waals surface area (Å²) in [4.78, 5) is 38.5. The predicted octanol–water partition coefficient (Wildman–Crippen LogP) is 2.66. The number of cyclic esters (lactones) is 1. The van der Waals surface area contributed by atoms with E-state index in [0.717, 1.165) is 0 Å². The largest absolute Gasteiger partial charge is 0.489 e. The van der Waals surface area contributed by atoms with Crippen LogP contribution in [0.4, 0.5) is 10.5 Å². The fourth-order valence-corrected chi connectivity index (χ4v) is 4.48. The molecule has 0 radical (unpaired) electrons. The maximum atomic E-state index is 12.5. The first-order chi connectivity index (χ1) is 14.5. The highest BCUT2D eigenvalue weighted by atomic mass is 35.5. The molecule has 5 rings (SSSR count). The molecule has 0 spiro atoms. The van der Waals surface area contributed by atoms with Gasteiger partial charge in [0.2, 0.25) is 0 Å². The number of nitrogens with one attached hydrogen (secondary N) is 1. The number of carbonyl (C=O) groups is 2. The van der Waals surface area contributed by atoms with Gasteiger partial charge in [0, 0.05) is 6.07 Å². The Hall–Kier alpha value is -3.24. The lowest BCUT2D eigenvalue weighted by molar-refractivity contribution is 0.0890. The number of hydrogen-bond donors (Lipinski definition) is 1. The van der Waals surface area contributed by atoms with Crippen LogP contribution in [-0.4, -0.2) is 41.9 Å². The summed E-state index contributed by atoms with van der Waals surface area (Å²) in [7, 11) is 0. The van der Waals surface area contributed by atoms with Crippen LogP contribution in [0.25, 0.3) is 5.69 Å². The van der Waals surface area contributed by atoms with Gasteiger partial charge in [-0.1, -0.05) is 11.6 Å². The van der Waals surface area contributed by atoms with Crippen LogP contribution in [0.1, 0.15) is 9.67 Å². The van der Waals surface area contributed by atoms with Gasteiger partial charge in [-0.25, -0.2) is 14.2 Å². The number of fused-ring (bicyclic) bond motifs is 3. The molecule has 9 nitrogen and oxygen atoms in total. The molecule has 2 atom stereocenters. The summed E-state index contributed by atoms with van der Waals surface area (Å²) < 4.78 is 18.0. The first kappa shape index (κ1) is 18.8. The average Bonchev–Trinajstić information content (AvgIpc) is 3.45. The van der Waals surface area contributed by atoms with Crippen molar-refractivity contribution in [2.75, 3.05) is 18.1 Å². The van der Waals surface area contributed by atoms with Crippen molar-refractivity contribution in [1.29, 1.82) is 0 Å². The molecule has 1 N–H and O–H groups in total. The number of amides is 2. The minimum atomic E-state index is -0.568. The second-order valence-corrected chi connectivity index (χ2v) is 8.39. The summed E-state index contributed by atoms with van der Waals surface area (Å²) in [6, 6.07) is 7.93. The molecule has 0 saturated carbocycles. The molecule has 4 heterocycles. The second kappa shape index (κ2) is 7.22. The third-order valence-electron chi connectivity index (χ3n) is 4.94. The normalized spacial score (nSPS) is 19.6. The maximum absolute atomic E-state index is 12.5. The molecule has 2 aliphatic heterocycles. The van der Waals surface area contributed by atoms with Crippen molar-refractivity contribution >= 4 is 40.6 Å². The van der Waals surface area contributed by atoms with Crippen molar-refractivity contribution in [1.82, 2.24) is 9.88 Å². The van der Waals surface area contributed by atoms with E-state index in [9.17, 15) is 14.4 Å². The van der Waals surface area contributed by atoms with Gasteiger partial charge in [-0.05, 0) is 24.3 Å². The highest BCUT2D eigenvalue weighted by Crippen LogP contribution is 2.39. The number of aromatic nitrogens is 1. The SMILES string of the molecule is O=C(NC[C@@H]1OC(=O)N2c3ccc(-n4ccoc4=O)cc3OC[C@@H]12)c1ccc(Cl)s1.